The van der Waals surface area contributed by atoms with Crippen molar-refractivity contribution in [2.24, 2.45) is 0 Å². The largest absolute Gasteiger partial charge is 0.492 e. The molecule has 0 radical (unpaired) electrons. The van der Waals surface area contributed by atoms with Gasteiger partial charge in [-0.3, -0.25) is 9.59 Å². The van der Waals surface area contributed by atoms with Gasteiger partial charge in [0.15, 0.2) is 0 Å². The van der Waals surface area contributed by atoms with Crippen molar-refractivity contribution in [2.75, 3.05) is 17.7 Å². The van der Waals surface area contributed by atoms with E-state index in [2.05, 4.69) is 10.6 Å². The van der Waals surface area contributed by atoms with Crippen molar-refractivity contribution in [1.29, 1.82) is 0 Å². The summed E-state index contributed by atoms with van der Waals surface area (Å²) >= 11 is 1.40. The lowest BCUT2D eigenvalue weighted by atomic mass is 9.97. The number of amides is 2. The van der Waals surface area contributed by atoms with Crippen molar-refractivity contribution in [1.82, 2.24) is 5.32 Å². The molecule has 2 aromatic carbocycles. The van der Waals surface area contributed by atoms with Gasteiger partial charge >= 0.3 is 0 Å². The van der Waals surface area contributed by atoms with Crippen molar-refractivity contribution in [3.63, 3.8) is 0 Å². The Bertz CT molecular complexity index is 863. The van der Waals surface area contributed by atoms with Crippen LogP contribution in [0, 0.1) is 0 Å². The van der Waals surface area contributed by atoms with Crippen molar-refractivity contribution in [2.45, 2.75) is 62.8 Å². The molecule has 0 unspecified atom stereocenters. The van der Waals surface area contributed by atoms with E-state index in [1.807, 2.05) is 49.4 Å². The molecule has 2 N–H and O–H groups in total. The Hall–Kier alpha value is -2.47. The van der Waals surface area contributed by atoms with E-state index in [9.17, 15) is 9.59 Å². The first-order valence-electron chi connectivity index (χ1n) is 11.2. The molecule has 0 heterocycles. The number of benzene rings is 2. The average Bonchev–Trinajstić information content (AvgIpc) is 2.76. The van der Waals surface area contributed by atoms with Crippen LogP contribution >= 0.6 is 11.8 Å². The standard InChI is InChI=1S/C25H32N2O3S/c1-2-30-22-16-10-9-15-21(22)27-25(29)20-14-8-11-17-23(20)31-18-24(28)26-19-12-6-4-3-5-7-13-19/h8-11,14-17,19H,2-7,12-13,18H2,1H3,(H,26,28)(H,27,29). The first kappa shape index (κ1) is 23.2. The zero-order chi connectivity index (χ0) is 21.9. The van der Waals surface area contributed by atoms with E-state index >= 15 is 0 Å². The Labute approximate surface area is 189 Å². The highest BCUT2D eigenvalue weighted by Gasteiger charge is 2.17. The summed E-state index contributed by atoms with van der Waals surface area (Å²) < 4.78 is 5.60. The molecule has 3 rings (SSSR count). The molecular formula is C25H32N2O3S. The second kappa shape index (κ2) is 12.4. The lowest BCUT2D eigenvalue weighted by molar-refractivity contribution is -0.119. The Morgan fingerprint density at radius 3 is 2.42 bits per heavy atom. The molecule has 1 fully saturated rings. The van der Waals surface area contributed by atoms with Crippen LogP contribution in [0.15, 0.2) is 53.4 Å². The Balaban J connectivity index is 1.59. The van der Waals surface area contributed by atoms with Gasteiger partial charge in [0.25, 0.3) is 5.91 Å². The maximum atomic E-state index is 12.9. The summed E-state index contributed by atoms with van der Waals surface area (Å²) in [5, 5.41) is 6.13. The minimum absolute atomic E-state index is 0.0347. The van der Waals surface area contributed by atoms with Crippen molar-refractivity contribution in [3.05, 3.63) is 54.1 Å². The minimum atomic E-state index is -0.212. The second-order valence-corrected chi connectivity index (χ2v) is 8.79. The Kier molecular flexibility index (Phi) is 9.28. The van der Waals surface area contributed by atoms with Crippen LogP contribution in [0.5, 0.6) is 5.75 Å². The molecule has 1 aliphatic carbocycles. The topological polar surface area (TPSA) is 67.4 Å². The van der Waals surface area contributed by atoms with Gasteiger partial charge < -0.3 is 15.4 Å². The lowest BCUT2D eigenvalue weighted by Crippen LogP contribution is -2.36. The third-order valence-electron chi connectivity index (χ3n) is 5.40. The Morgan fingerprint density at radius 2 is 1.65 bits per heavy atom. The van der Waals surface area contributed by atoms with Gasteiger partial charge in [0.2, 0.25) is 5.91 Å². The predicted octanol–water partition coefficient (Wildman–Crippen LogP) is 5.66. The molecule has 0 atom stereocenters. The van der Waals surface area contributed by atoms with Crippen LogP contribution in [0.4, 0.5) is 5.69 Å². The lowest BCUT2D eigenvalue weighted by Gasteiger charge is -2.21. The highest BCUT2D eigenvalue weighted by molar-refractivity contribution is 8.00. The number of carbonyl (C=O) groups excluding carboxylic acids is 2. The number of hydrogen-bond acceptors (Lipinski definition) is 4. The highest BCUT2D eigenvalue weighted by Crippen LogP contribution is 2.27. The van der Waals surface area contributed by atoms with E-state index in [4.69, 9.17) is 4.74 Å². The molecule has 2 aromatic rings. The molecule has 1 saturated carbocycles. The van der Waals surface area contributed by atoms with Gasteiger partial charge in [-0.25, -0.2) is 0 Å². The van der Waals surface area contributed by atoms with Crippen molar-refractivity contribution in [3.8, 4) is 5.75 Å². The highest BCUT2D eigenvalue weighted by atomic mass is 32.2. The number of carbonyl (C=O) groups is 2. The molecule has 2 amide bonds. The maximum absolute atomic E-state index is 12.9. The fraction of sp³-hybridized carbons (Fsp3) is 0.440. The van der Waals surface area contributed by atoms with Gasteiger partial charge in [0.1, 0.15) is 5.75 Å². The van der Waals surface area contributed by atoms with Gasteiger partial charge in [-0.2, -0.15) is 0 Å². The number of para-hydroxylation sites is 2. The summed E-state index contributed by atoms with van der Waals surface area (Å²) in [6.07, 6.45) is 8.33. The van der Waals surface area contributed by atoms with E-state index in [0.29, 0.717) is 29.4 Å². The van der Waals surface area contributed by atoms with Gasteiger partial charge in [0, 0.05) is 10.9 Å². The number of thioether (sulfide) groups is 1. The number of ether oxygens (including phenoxy) is 1. The monoisotopic (exact) mass is 440 g/mol. The van der Waals surface area contributed by atoms with Gasteiger partial charge in [-0.1, -0.05) is 56.4 Å². The smallest absolute Gasteiger partial charge is 0.256 e. The summed E-state index contributed by atoms with van der Waals surface area (Å²) in [5.74, 6) is 0.765. The normalized spacial score (nSPS) is 14.9. The number of nitrogens with one attached hydrogen (secondary N) is 2. The zero-order valence-electron chi connectivity index (χ0n) is 18.2. The minimum Gasteiger partial charge on any atom is -0.492 e. The summed E-state index contributed by atoms with van der Waals surface area (Å²) in [6, 6.07) is 15.1. The van der Waals surface area contributed by atoms with E-state index in [-0.39, 0.29) is 17.9 Å². The van der Waals surface area contributed by atoms with Gasteiger partial charge in [0.05, 0.1) is 23.6 Å². The molecule has 166 valence electrons. The average molecular weight is 441 g/mol. The van der Waals surface area contributed by atoms with Crippen LogP contribution in [-0.2, 0) is 4.79 Å². The number of anilines is 1. The van der Waals surface area contributed by atoms with Crippen molar-refractivity contribution < 1.29 is 14.3 Å². The first-order chi connectivity index (χ1) is 15.2. The van der Waals surface area contributed by atoms with E-state index < -0.39 is 0 Å². The predicted molar refractivity (Wildman–Crippen MR) is 127 cm³/mol. The van der Waals surface area contributed by atoms with E-state index in [1.165, 1.54) is 43.9 Å². The quantitative estimate of drug-likeness (QED) is 0.520. The fourth-order valence-corrected chi connectivity index (χ4v) is 4.70. The third-order valence-corrected chi connectivity index (χ3v) is 6.47. The summed E-state index contributed by atoms with van der Waals surface area (Å²) in [7, 11) is 0. The van der Waals surface area contributed by atoms with E-state index in [0.717, 1.165) is 17.7 Å². The molecule has 0 aliphatic heterocycles. The van der Waals surface area contributed by atoms with Crippen molar-refractivity contribution >= 4 is 29.3 Å². The van der Waals surface area contributed by atoms with Gasteiger partial charge in [-0.15, -0.1) is 11.8 Å². The van der Waals surface area contributed by atoms with Crippen LogP contribution in [0.1, 0.15) is 62.2 Å². The molecule has 1 aliphatic rings. The van der Waals surface area contributed by atoms with Crippen LogP contribution in [0.25, 0.3) is 0 Å². The molecule has 0 bridgehead atoms. The second-order valence-electron chi connectivity index (χ2n) is 7.78. The summed E-state index contributed by atoms with van der Waals surface area (Å²) in [5.41, 5.74) is 1.19. The molecule has 6 heteroatoms. The first-order valence-corrected chi connectivity index (χ1v) is 12.2. The van der Waals surface area contributed by atoms with Crippen LogP contribution in [0.3, 0.4) is 0 Å². The molecule has 0 aromatic heterocycles. The molecule has 31 heavy (non-hydrogen) atoms. The number of rotatable bonds is 8. The van der Waals surface area contributed by atoms with Crippen LogP contribution < -0.4 is 15.4 Å². The summed E-state index contributed by atoms with van der Waals surface area (Å²) in [6.45, 7) is 2.43. The maximum Gasteiger partial charge on any atom is 0.256 e. The van der Waals surface area contributed by atoms with Gasteiger partial charge in [-0.05, 0) is 44.0 Å². The molecular weight excluding hydrogens is 408 g/mol. The third kappa shape index (κ3) is 7.31. The SMILES string of the molecule is CCOc1ccccc1NC(=O)c1ccccc1SCC(=O)NC1CCCCCCC1. The van der Waals surface area contributed by atoms with Crippen LogP contribution in [0.2, 0.25) is 0 Å². The fourth-order valence-electron chi connectivity index (χ4n) is 3.83. The molecule has 0 spiro atoms. The van der Waals surface area contributed by atoms with Crippen LogP contribution in [-0.4, -0.2) is 30.2 Å². The number of hydrogen-bond donors (Lipinski definition) is 2. The molecule has 0 saturated heterocycles. The Morgan fingerprint density at radius 1 is 0.968 bits per heavy atom. The van der Waals surface area contributed by atoms with E-state index in [1.54, 1.807) is 6.07 Å². The summed E-state index contributed by atoms with van der Waals surface area (Å²) in [4.78, 5) is 26.3. The zero-order valence-corrected chi connectivity index (χ0v) is 19.0. The molecule has 5 nitrogen and oxygen atoms in total.